The van der Waals surface area contributed by atoms with Gasteiger partial charge in [0.15, 0.2) is 6.61 Å². The van der Waals surface area contributed by atoms with Crippen molar-refractivity contribution in [1.82, 2.24) is 5.43 Å². The molecule has 0 aliphatic carbocycles. The molecule has 1 N–H and O–H groups in total. The van der Waals surface area contributed by atoms with E-state index in [1.807, 2.05) is 55.5 Å². The third-order valence-corrected chi connectivity index (χ3v) is 4.60. The third kappa shape index (κ3) is 7.46. The summed E-state index contributed by atoms with van der Waals surface area (Å²) in [5, 5.41) is 3.98. The zero-order valence-electron chi connectivity index (χ0n) is 17.1. The summed E-state index contributed by atoms with van der Waals surface area (Å²) in [5.74, 6) is 1.62. The second-order valence-corrected chi connectivity index (χ2v) is 7.36. The van der Waals surface area contributed by atoms with Crippen LogP contribution in [0, 0.1) is 0 Å². The molecule has 0 aliphatic rings. The number of amides is 1. The number of benzene rings is 3. The molecule has 0 heterocycles. The summed E-state index contributed by atoms with van der Waals surface area (Å²) in [4.78, 5) is 12.0. The molecular formula is C24H23BrN2O4. The van der Waals surface area contributed by atoms with Crippen molar-refractivity contribution in [3.63, 3.8) is 0 Å². The van der Waals surface area contributed by atoms with Crippen LogP contribution in [0.3, 0.4) is 0 Å². The van der Waals surface area contributed by atoms with Crippen LogP contribution in [0.4, 0.5) is 0 Å². The lowest BCUT2D eigenvalue weighted by Gasteiger charge is -2.09. The molecule has 0 aliphatic heterocycles. The molecule has 0 radical (unpaired) electrons. The Kier molecular flexibility index (Phi) is 8.48. The smallest absolute Gasteiger partial charge is 0.277 e. The fourth-order valence-corrected chi connectivity index (χ4v) is 3.01. The molecule has 1 amide bonds. The molecule has 0 fully saturated rings. The predicted molar refractivity (Wildman–Crippen MR) is 124 cm³/mol. The van der Waals surface area contributed by atoms with Crippen LogP contribution in [0.1, 0.15) is 18.1 Å². The topological polar surface area (TPSA) is 69.2 Å². The van der Waals surface area contributed by atoms with E-state index < -0.39 is 0 Å². The Morgan fingerprint density at radius 3 is 2.39 bits per heavy atom. The lowest BCUT2D eigenvalue weighted by molar-refractivity contribution is -0.123. The summed E-state index contributed by atoms with van der Waals surface area (Å²) < 4.78 is 17.7. The maximum Gasteiger partial charge on any atom is 0.277 e. The van der Waals surface area contributed by atoms with Crippen LogP contribution in [0.25, 0.3) is 0 Å². The molecule has 160 valence electrons. The van der Waals surface area contributed by atoms with Gasteiger partial charge in [-0.3, -0.25) is 4.79 Å². The van der Waals surface area contributed by atoms with E-state index in [9.17, 15) is 4.79 Å². The molecule has 0 bridgehead atoms. The number of carbonyl (C=O) groups excluding carboxylic acids is 1. The number of halogens is 1. The monoisotopic (exact) mass is 482 g/mol. The van der Waals surface area contributed by atoms with E-state index in [2.05, 4.69) is 26.5 Å². The van der Waals surface area contributed by atoms with Crippen molar-refractivity contribution in [2.24, 2.45) is 5.10 Å². The molecule has 0 saturated heterocycles. The molecule has 31 heavy (non-hydrogen) atoms. The minimum atomic E-state index is -0.367. The predicted octanol–water partition coefficient (Wildman–Crippen LogP) is 4.96. The largest absolute Gasteiger partial charge is 0.493 e. The highest BCUT2D eigenvalue weighted by Gasteiger charge is 2.04. The van der Waals surface area contributed by atoms with Crippen molar-refractivity contribution in [3.8, 4) is 17.2 Å². The average Bonchev–Trinajstić information content (AvgIpc) is 2.79. The highest BCUT2D eigenvalue weighted by atomic mass is 79.9. The number of hydrogen-bond acceptors (Lipinski definition) is 5. The van der Waals surface area contributed by atoms with Gasteiger partial charge >= 0.3 is 0 Å². The summed E-state index contributed by atoms with van der Waals surface area (Å²) in [6.45, 7) is 2.78. The van der Waals surface area contributed by atoms with E-state index >= 15 is 0 Å². The van der Waals surface area contributed by atoms with Crippen molar-refractivity contribution >= 4 is 28.1 Å². The van der Waals surface area contributed by atoms with Crippen molar-refractivity contribution in [3.05, 3.63) is 88.4 Å². The van der Waals surface area contributed by atoms with Gasteiger partial charge in [-0.25, -0.2) is 5.43 Å². The van der Waals surface area contributed by atoms with Gasteiger partial charge in [-0.1, -0.05) is 46.3 Å². The van der Waals surface area contributed by atoms with Crippen LogP contribution in [0.15, 0.2) is 82.4 Å². The second-order valence-electron chi connectivity index (χ2n) is 6.44. The number of rotatable bonds is 10. The maximum absolute atomic E-state index is 12.0. The van der Waals surface area contributed by atoms with Gasteiger partial charge in [0.05, 0.1) is 12.8 Å². The summed E-state index contributed by atoms with van der Waals surface area (Å²) in [5.41, 5.74) is 4.30. The number of ether oxygens (including phenoxy) is 3. The normalized spacial score (nSPS) is 10.6. The maximum atomic E-state index is 12.0. The lowest BCUT2D eigenvalue weighted by Crippen LogP contribution is -2.24. The Morgan fingerprint density at radius 2 is 1.68 bits per heavy atom. The minimum Gasteiger partial charge on any atom is -0.493 e. The van der Waals surface area contributed by atoms with E-state index in [-0.39, 0.29) is 12.5 Å². The van der Waals surface area contributed by atoms with Gasteiger partial charge in [0, 0.05) is 10.0 Å². The first kappa shape index (κ1) is 22.4. The van der Waals surface area contributed by atoms with Gasteiger partial charge in [-0.15, -0.1) is 0 Å². The summed E-state index contributed by atoms with van der Waals surface area (Å²) >= 11 is 3.41. The van der Waals surface area contributed by atoms with Crippen molar-refractivity contribution in [2.45, 2.75) is 13.5 Å². The molecule has 0 atom stereocenters. The zero-order valence-corrected chi connectivity index (χ0v) is 18.7. The van der Waals surface area contributed by atoms with E-state index in [4.69, 9.17) is 14.2 Å². The molecule has 7 heteroatoms. The zero-order chi connectivity index (χ0) is 21.9. The van der Waals surface area contributed by atoms with Gasteiger partial charge in [0.2, 0.25) is 0 Å². The van der Waals surface area contributed by atoms with Gasteiger partial charge in [-0.2, -0.15) is 5.10 Å². The lowest BCUT2D eigenvalue weighted by atomic mass is 10.2. The first-order valence-electron chi connectivity index (χ1n) is 9.78. The van der Waals surface area contributed by atoms with Crippen molar-refractivity contribution in [2.75, 3.05) is 13.2 Å². The van der Waals surface area contributed by atoms with Gasteiger partial charge in [-0.05, 0) is 55.0 Å². The molecule has 0 saturated carbocycles. The number of carbonyl (C=O) groups is 1. The Bertz CT molecular complexity index is 1010. The first-order chi connectivity index (χ1) is 15.1. The molecule has 6 nitrogen and oxygen atoms in total. The Balaban J connectivity index is 1.44. The third-order valence-electron chi connectivity index (χ3n) is 4.11. The summed E-state index contributed by atoms with van der Waals surface area (Å²) in [6, 6.07) is 22.6. The van der Waals surface area contributed by atoms with Crippen LogP contribution in [0.5, 0.6) is 17.2 Å². The quantitative estimate of drug-likeness (QED) is 0.327. The van der Waals surface area contributed by atoms with Crippen molar-refractivity contribution in [1.29, 1.82) is 0 Å². The van der Waals surface area contributed by atoms with E-state index in [0.29, 0.717) is 24.7 Å². The molecule has 0 aromatic heterocycles. The van der Waals surface area contributed by atoms with Crippen LogP contribution in [-0.4, -0.2) is 25.3 Å². The first-order valence-corrected chi connectivity index (χ1v) is 10.6. The SMILES string of the molecule is CCOc1ccc(Br)cc1C=NNC(=O)COc1ccc(OCc2ccccc2)cc1. The standard InChI is InChI=1S/C24H23BrN2O4/c1-2-29-23-13-8-20(25)14-19(23)15-26-27-24(28)17-31-22-11-9-21(10-12-22)30-16-18-6-4-3-5-7-18/h3-15H,2,16-17H2,1H3,(H,27,28). The fraction of sp³-hybridized carbons (Fsp3) is 0.167. The molecule has 0 spiro atoms. The fourth-order valence-electron chi connectivity index (χ4n) is 2.64. The number of nitrogens with zero attached hydrogens (tertiary/aromatic N) is 1. The molecule has 3 rings (SSSR count). The van der Waals surface area contributed by atoms with Crippen LogP contribution >= 0.6 is 15.9 Å². The van der Waals surface area contributed by atoms with E-state index in [1.165, 1.54) is 6.21 Å². The van der Waals surface area contributed by atoms with Gasteiger partial charge < -0.3 is 14.2 Å². The number of nitrogens with one attached hydrogen (secondary N) is 1. The van der Waals surface area contributed by atoms with Crippen LogP contribution in [-0.2, 0) is 11.4 Å². The molecule has 0 unspecified atom stereocenters. The Morgan fingerprint density at radius 1 is 0.968 bits per heavy atom. The average molecular weight is 483 g/mol. The van der Waals surface area contributed by atoms with E-state index in [1.54, 1.807) is 24.3 Å². The summed E-state index contributed by atoms with van der Waals surface area (Å²) in [6.07, 6.45) is 1.53. The molecule has 3 aromatic rings. The highest BCUT2D eigenvalue weighted by molar-refractivity contribution is 9.10. The second kappa shape index (κ2) is 11.8. The Hall–Kier alpha value is -3.32. The van der Waals surface area contributed by atoms with Gasteiger partial charge in [0.25, 0.3) is 5.91 Å². The molecule has 3 aromatic carbocycles. The number of hydrogen-bond donors (Lipinski definition) is 1. The van der Waals surface area contributed by atoms with Crippen LogP contribution < -0.4 is 19.6 Å². The van der Waals surface area contributed by atoms with Crippen molar-refractivity contribution < 1.29 is 19.0 Å². The minimum absolute atomic E-state index is 0.154. The molecular weight excluding hydrogens is 460 g/mol. The van der Waals surface area contributed by atoms with Crippen LogP contribution in [0.2, 0.25) is 0 Å². The van der Waals surface area contributed by atoms with E-state index in [0.717, 1.165) is 21.3 Å². The Labute approximate surface area is 190 Å². The number of hydrazone groups is 1. The van der Waals surface area contributed by atoms with Gasteiger partial charge in [0.1, 0.15) is 23.9 Å². The summed E-state index contributed by atoms with van der Waals surface area (Å²) in [7, 11) is 0. The highest BCUT2D eigenvalue weighted by Crippen LogP contribution is 2.22.